The fraction of sp³-hybridized carbons (Fsp3) is 0.889. The monoisotopic (exact) mass is 205 g/mol. The zero-order valence-electron chi connectivity index (χ0n) is 8.88. The summed E-state index contributed by atoms with van der Waals surface area (Å²) in [5.41, 5.74) is 0. The summed E-state index contributed by atoms with van der Waals surface area (Å²) in [6, 6.07) is 0. The van der Waals surface area contributed by atoms with Crippen LogP contribution in [0.2, 0.25) is 0 Å². The molecule has 5 heteroatoms. The van der Waals surface area contributed by atoms with Gasteiger partial charge in [-0.1, -0.05) is 0 Å². The van der Waals surface area contributed by atoms with Crippen LogP contribution in [0.1, 0.15) is 6.92 Å². The molecule has 0 spiro atoms. The molecule has 0 aliphatic heterocycles. The summed E-state index contributed by atoms with van der Waals surface area (Å²) in [5.74, 6) is -0.126. The Labute approximate surface area is 84.7 Å². The molecule has 0 rings (SSSR count). The van der Waals surface area contributed by atoms with Crippen molar-refractivity contribution in [1.29, 1.82) is 0 Å². The second-order valence-corrected chi connectivity index (χ2v) is 2.59. The molecule has 0 saturated carbocycles. The SMILES string of the molecule is CCOCCOCC(=O)NCCOC. The van der Waals surface area contributed by atoms with Crippen LogP contribution in [0.4, 0.5) is 0 Å². The predicted molar refractivity (Wildman–Crippen MR) is 52.2 cm³/mol. The minimum Gasteiger partial charge on any atom is -0.383 e. The van der Waals surface area contributed by atoms with E-state index in [0.717, 1.165) is 0 Å². The number of amides is 1. The molecule has 0 radical (unpaired) electrons. The summed E-state index contributed by atoms with van der Waals surface area (Å²) in [7, 11) is 1.59. The molecule has 0 aliphatic rings. The van der Waals surface area contributed by atoms with Crippen LogP contribution in [0.5, 0.6) is 0 Å². The maximum Gasteiger partial charge on any atom is 0.246 e. The maximum absolute atomic E-state index is 11.0. The molecule has 84 valence electrons. The Kier molecular flexibility index (Phi) is 9.95. The van der Waals surface area contributed by atoms with E-state index in [1.807, 2.05) is 6.92 Å². The van der Waals surface area contributed by atoms with Crippen LogP contribution < -0.4 is 5.32 Å². The van der Waals surface area contributed by atoms with Crippen molar-refractivity contribution in [3.8, 4) is 0 Å². The molecule has 0 saturated heterocycles. The third-order valence-electron chi connectivity index (χ3n) is 1.44. The zero-order valence-corrected chi connectivity index (χ0v) is 8.88. The van der Waals surface area contributed by atoms with Crippen LogP contribution in [0.15, 0.2) is 0 Å². The van der Waals surface area contributed by atoms with Crippen LogP contribution in [-0.2, 0) is 19.0 Å². The van der Waals surface area contributed by atoms with Gasteiger partial charge in [0, 0.05) is 20.3 Å². The first-order valence-corrected chi connectivity index (χ1v) is 4.72. The average Bonchev–Trinajstić information content (AvgIpc) is 2.18. The fourth-order valence-electron chi connectivity index (χ4n) is 0.771. The second-order valence-electron chi connectivity index (χ2n) is 2.59. The van der Waals surface area contributed by atoms with Crippen molar-refractivity contribution in [3.05, 3.63) is 0 Å². The van der Waals surface area contributed by atoms with Crippen molar-refractivity contribution in [2.75, 3.05) is 46.7 Å². The van der Waals surface area contributed by atoms with Crippen molar-refractivity contribution in [3.63, 3.8) is 0 Å². The van der Waals surface area contributed by atoms with E-state index in [2.05, 4.69) is 5.32 Å². The van der Waals surface area contributed by atoms with Crippen molar-refractivity contribution < 1.29 is 19.0 Å². The van der Waals surface area contributed by atoms with Crippen molar-refractivity contribution in [2.24, 2.45) is 0 Å². The van der Waals surface area contributed by atoms with Gasteiger partial charge in [0.15, 0.2) is 0 Å². The van der Waals surface area contributed by atoms with Gasteiger partial charge in [0.2, 0.25) is 5.91 Å². The number of rotatable bonds is 9. The molecule has 5 nitrogen and oxygen atoms in total. The van der Waals surface area contributed by atoms with Gasteiger partial charge in [-0.05, 0) is 6.92 Å². The normalized spacial score (nSPS) is 10.1. The first-order chi connectivity index (χ1) is 6.81. The zero-order chi connectivity index (χ0) is 10.6. The summed E-state index contributed by atoms with van der Waals surface area (Å²) in [6.45, 7) is 4.68. The molecule has 0 bridgehead atoms. The molecular weight excluding hydrogens is 186 g/mol. The van der Waals surface area contributed by atoms with E-state index in [-0.39, 0.29) is 12.5 Å². The van der Waals surface area contributed by atoms with E-state index < -0.39 is 0 Å². The summed E-state index contributed by atoms with van der Waals surface area (Å²) in [4.78, 5) is 11.0. The van der Waals surface area contributed by atoms with Gasteiger partial charge in [0.05, 0.1) is 19.8 Å². The highest BCUT2D eigenvalue weighted by atomic mass is 16.5. The smallest absolute Gasteiger partial charge is 0.246 e. The minimum atomic E-state index is -0.126. The predicted octanol–water partition coefficient (Wildman–Crippen LogP) is -0.198. The molecule has 0 aliphatic carbocycles. The van der Waals surface area contributed by atoms with Gasteiger partial charge in [-0.2, -0.15) is 0 Å². The van der Waals surface area contributed by atoms with E-state index >= 15 is 0 Å². The molecule has 1 N–H and O–H groups in total. The Balaban J connectivity index is 3.10. The van der Waals surface area contributed by atoms with Gasteiger partial charge < -0.3 is 19.5 Å². The highest BCUT2D eigenvalue weighted by molar-refractivity contribution is 5.77. The van der Waals surface area contributed by atoms with Gasteiger partial charge in [-0.15, -0.1) is 0 Å². The minimum absolute atomic E-state index is 0.0801. The van der Waals surface area contributed by atoms with E-state index in [1.54, 1.807) is 7.11 Å². The lowest BCUT2D eigenvalue weighted by Gasteiger charge is -2.05. The first-order valence-electron chi connectivity index (χ1n) is 4.72. The van der Waals surface area contributed by atoms with Gasteiger partial charge in [0.25, 0.3) is 0 Å². The van der Waals surface area contributed by atoms with E-state index in [1.165, 1.54) is 0 Å². The van der Waals surface area contributed by atoms with E-state index in [4.69, 9.17) is 14.2 Å². The number of hydrogen-bond donors (Lipinski definition) is 1. The lowest BCUT2D eigenvalue weighted by Crippen LogP contribution is -2.30. The van der Waals surface area contributed by atoms with Gasteiger partial charge >= 0.3 is 0 Å². The summed E-state index contributed by atoms with van der Waals surface area (Å²) in [5, 5.41) is 2.64. The number of ether oxygens (including phenoxy) is 3. The average molecular weight is 205 g/mol. The Morgan fingerprint density at radius 3 is 2.57 bits per heavy atom. The van der Waals surface area contributed by atoms with Gasteiger partial charge in [-0.3, -0.25) is 4.79 Å². The molecule has 0 aromatic rings. The Morgan fingerprint density at radius 1 is 1.21 bits per heavy atom. The summed E-state index contributed by atoms with van der Waals surface area (Å²) >= 11 is 0. The molecule has 1 amide bonds. The van der Waals surface area contributed by atoms with Crippen LogP contribution in [0.25, 0.3) is 0 Å². The van der Waals surface area contributed by atoms with Crippen molar-refractivity contribution in [2.45, 2.75) is 6.92 Å². The number of carbonyl (C=O) groups excluding carboxylic acids is 1. The lowest BCUT2D eigenvalue weighted by molar-refractivity contribution is -0.126. The Bertz CT molecular complexity index is 141. The van der Waals surface area contributed by atoms with Gasteiger partial charge in [0.1, 0.15) is 6.61 Å². The number of carbonyl (C=O) groups is 1. The van der Waals surface area contributed by atoms with E-state index in [0.29, 0.717) is 33.0 Å². The summed E-state index contributed by atoms with van der Waals surface area (Å²) < 4.78 is 14.9. The largest absolute Gasteiger partial charge is 0.383 e. The number of methoxy groups -OCH3 is 1. The fourth-order valence-corrected chi connectivity index (χ4v) is 0.771. The van der Waals surface area contributed by atoms with Gasteiger partial charge in [-0.25, -0.2) is 0 Å². The maximum atomic E-state index is 11.0. The molecule has 0 aromatic heterocycles. The van der Waals surface area contributed by atoms with Crippen LogP contribution in [0.3, 0.4) is 0 Å². The molecule has 0 aromatic carbocycles. The topological polar surface area (TPSA) is 56.8 Å². The molecular formula is C9H19NO4. The van der Waals surface area contributed by atoms with Crippen LogP contribution in [-0.4, -0.2) is 52.6 Å². The third-order valence-corrected chi connectivity index (χ3v) is 1.44. The highest BCUT2D eigenvalue weighted by Crippen LogP contribution is 1.78. The van der Waals surface area contributed by atoms with Crippen LogP contribution >= 0.6 is 0 Å². The second kappa shape index (κ2) is 10.4. The molecule has 0 atom stereocenters. The number of hydrogen-bond acceptors (Lipinski definition) is 4. The Morgan fingerprint density at radius 2 is 1.93 bits per heavy atom. The quantitative estimate of drug-likeness (QED) is 0.530. The van der Waals surface area contributed by atoms with E-state index in [9.17, 15) is 4.79 Å². The third kappa shape index (κ3) is 9.44. The molecule has 14 heavy (non-hydrogen) atoms. The highest BCUT2D eigenvalue weighted by Gasteiger charge is 1.99. The van der Waals surface area contributed by atoms with Crippen molar-refractivity contribution in [1.82, 2.24) is 5.32 Å². The first kappa shape index (κ1) is 13.4. The molecule has 0 fully saturated rings. The standard InChI is InChI=1S/C9H19NO4/c1-3-13-6-7-14-8-9(11)10-4-5-12-2/h3-8H2,1-2H3,(H,10,11). The van der Waals surface area contributed by atoms with Crippen LogP contribution in [0, 0.1) is 0 Å². The molecule has 0 unspecified atom stereocenters. The Hall–Kier alpha value is -0.650. The number of nitrogens with one attached hydrogen (secondary N) is 1. The van der Waals surface area contributed by atoms with Crippen molar-refractivity contribution >= 4 is 5.91 Å². The summed E-state index contributed by atoms with van der Waals surface area (Å²) in [6.07, 6.45) is 0. The lowest BCUT2D eigenvalue weighted by atomic mass is 10.6. The molecule has 0 heterocycles.